The third-order valence-corrected chi connectivity index (χ3v) is 8.75. The Balaban J connectivity index is 1.55. The number of methoxy groups -OCH3 is 1. The molecule has 0 spiro atoms. The molecule has 1 aromatic carbocycles. The molecule has 35 heavy (non-hydrogen) atoms. The standard InChI is InChI=1S/C27H39NO6S/c1-19(2)10-11-22-26(3,34-22)24-23(31-4)21(33-25(29)28-14-16-32-17-15-28)12-13-27(24,30)18-35-20-8-6-5-7-9-20/h5-10,21-24,30H,11-18H2,1-4H3. The molecule has 4 rings (SSSR count). The number of nitrogens with zero attached hydrogens (tertiary/aromatic N) is 1. The van der Waals surface area contributed by atoms with Crippen molar-refractivity contribution in [3.8, 4) is 0 Å². The zero-order chi connectivity index (χ0) is 25.1. The number of epoxide rings is 1. The van der Waals surface area contributed by atoms with E-state index < -0.39 is 23.4 Å². The van der Waals surface area contributed by atoms with Crippen molar-refractivity contribution < 1.29 is 28.8 Å². The fraction of sp³-hybridized carbons (Fsp3) is 0.667. The monoisotopic (exact) mass is 505 g/mol. The molecule has 6 atom stereocenters. The molecule has 8 heteroatoms. The Bertz CT molecular complexity index is 887. The highest BCUT2D eigenvalue weighted by atomic mass is 32.2. The second-order valence-corrected chi connectivity index (χ2v) is 11.3. The molecule has 194 valence electrons. The SMILES string of the molecule is COC1C(OC(=O)N2CCOCC2)CCC(O)(CSc2ccccc2)C1C1(C)OC1CC=C(C)C. The summed E-state index contributed by atoms with van der Waals surface area (Å²) in [6.07, 6.45) is 2.72. The smallest absolute Gasteiger partial charge is 0.410 e. The Morgan fingerprint density at radius 2 is 1.97 bits per heavy atom. The van der Waals surface area contributed by atoms with Gasteiger partial charge in [0.15, 0.2) is 0 Å². The highest BCUT2D eigenvalue weighted by Crippen LogP contribution is 2.55. The molecule has 0 radical (unpaired) electrons. The number of amides is 1. The normalized spacial score (nSPS) is 34.8. The van der Waals surface area contributed by atoms with E-state index in [1.807, 2.05) is 18.2 Å². The fourth-order valence-corrected chi connectivity index (χ4v) is 6.60. The van der Waals surface area contributed by atoms with Gasteiger partial charge in [0.25, 0.3) is 0 Å². The van der Waals surface area contributed by atoms with Crippen LogP contribution in [0.3, 0.4) is 0 Å². The van der Waals surface area contributed by atoms with Crippen LogP contribution < -0.4 is 0 Å². The number of thioether (sulfide) groups is 1. The quantitative estimate of drug-likeness (QED) is 0.321. The van der Waals surface area contributed by atoms with Gasteiger partial charge >= 0.3 is 6.09 Å². The molecule has 1 aromatic rings. The Kier molecular flexibility index (Phi) is 8.49. The summed E-state index contributed by atoms with van der Waals surface area (Å²) in [5.41, 5.74) is -0.359. The van der Waals surface area contributed by atoms with E-state index in [0.29, 0.717) is 44.9 Å². The predicted molar refractivity (Wildman–Crippen MR) is 136 cm³/mol. The van der Waals surface area contributed by atoms with Gasteiger partial charge in [-0.05, 0) is 52.2 Å². The molecule has 0 bridgehead atoms. The van der Waals surface area contributed by atoms with E-state index in [-0.39, 0.29) is 18.1 Å². The summed E-state index contributed by atoms with van der Waals surface area (Å²) in [7, 11) is 1.64. The van der Waals surface area contributed by atoms with E-state index >= 15 is 0 Å². The van der Waals surface area contributed by atoms with Crippen LogP contribution in [0.2, 0.25) is 0 Å². The van der Waals surface area contributed by atoms with Gasteiger partial charge in [0.1, 0.15) is 17.8 Å². The number of carbonyl (C=O) groups is 1. The van der Waals surface area contributed by atoms with Crippen LogP contribution in [0.15, 0.2) is 46.9 Å². The van der Waals surface area contributed by atoms with Gasteiger partial charge in [-0.3, -0.25) is 0 Å². The van der Waals surface area contributed by atoms with E-state index in [0.717, 1.165) is 11.3 Å². The fourth-order valence-electron chi connectivity index (χ4n) is 5.51. The van der Waals surface area contributed by atoms with Crippen molar-refractivity contribution in [2.24, 2.45) is 5.92 Å². The van der Waals surface area contributed by atoms with Gasteiger partial charge in [-0.2, -0.15) is 0 Å². The van der Waals surface area contributed by atoms with Crippen LogP contribution >= 0.6 is 11.8 Å². The van der Waals surface area contributed by atoms with Crippen LogP contribution in [0.1, 0.15) is 40.0 Å². The topological polar surface area (TPSA) is 80.8 Å². The van der Waals surface area contributed by atoms with Crippen LogP contribution in [0, 0.1) is 5.92 Å². The summed E-state index contributed by atoms with van der Waals surface area (Å²) in [6.45, 7) is 8.30. The Morgan fingerprint density at radius 1 is 1.26 bits per heavy atom. The molecule has 1 aliphatic carbocycles. The maximum absolute atomic E-state index is 12.9. The number of allylic oxidation sites excluding steroid dienone is 1. The van der Waals surface area contributed by atoms with Crippen molar-refractivity contribution in [1.82, 2.24) is 4.90 Å². The molecular formula is C27H39NO6S. The lowest BCUT2D eigenvalue weighted by atomic mass is 9.66. The minimum absolute atomic E-state index is 0.0120. The maximum Gasteiger partial charge on any atom is 0.410 e. The van der Waals surface area contributed by atoms with Crippen LogP contribution in [-0.4, -0.2) is 84.8 Å². The zero-order valence-electron chi connectivity index (χ0n) is 21.3. The highest BCUT2D eigenvalue weighted by Gasteiger charge is 2.67. The van der Waals surface area contributed by atoms with Crippen LogP contribution in [0.5, 0.6) is 0 Å². The number of aliphatic hydroxyl groups is 1. The lowest BCUT2D eigenvalue weighted by Crippen LogP contribution is -2.62. The molecule has 2 aliphatic heterocycles. The largest absolute Gasteiger partial charge is 0.443 e. The zero-order valence-corrected chi connectivity index (χ0v) is 22.1. The summed E-state index contributed by atoms with van der Waals surface area (Å²) >= 11 is 1.64. The summed E-state index contributed by atoms with van der Waals surface area (Å²) < 4.78 is 23.7. The summed E-state index contributed by atoms with van der Waals surface area (Å²) in [4.78, 5) is 15.7. The lowest BCUT2D eigenvalue weighted by molar-refractivity contribution is -0.172. The molecule has 1 saturated carbocycles. The van der Waals surface area contributed by atoms with Crippen molar-refractivity contribution in [2.75, 3.05) is 39.2 Å². The molecular weight excluding hydrogens is 466 g/mol. The Labute approximate surface area is 213 Å². The minimum atomic E-state index is -1.03. The average Bonchev–Trinajstić information content (AvgIpc) is 3.53. The van der Waals surface area contributed by atoms with Crippen molar-refractivity contribution in [3.05, 3.63) is 42.0 Å². The summed E-state index contributed by atoms with van der Waals surface area (Å²) in [6, 6.07) is 10.1. The first-order chi connectivity index (χ1) is 16.8. The van der Waals surface area contributed by atoms with Crippen LogP contribution in [0.4, 0.5) is 4.79 Å². The molecule has 7 nitrogen and oxygen atoms in total. The molecule has 2 saturated heterocycles. The van der Waals surface area contributed by atoms with Gasteiger partial charge in [0.2, 0.25) is 0 Å². The first-order valence-electron chi connectivity index (χ1n) is 12.5. The number of carbonyl (C=O) groups excluding carboxylic acids is 1. The van der Waals surface area contributed by atoms with Crippen LogP contribution in [0.25, 0.3) is 0 Å². The van der Waals surface area contributed by atoms with Gasteiger partial charge in [-0.1, -0.05) is 29.8 Å². The summed E-state index contributed by atoms with van der Waals surface area (Å²) in [5.74, 6) is 0.169. The van der Waals surface area contributed by atoms with Gasteiger partial charge in [-0.25, -0.2) is 4.79 Å². The second-order valence-electron chi connectivity index (χ2n) is 10.3. The predicted octanol–water partition coefficient (Wildman–Crippen LogP) is 4.29. The molecule has 6 unspecified atom stereocenters. The van der Waals surface area contributed by atoms with E-state index in [2.05, 4.69) is 39.0 Å². The molecule has 1 amide bonds. The minimum Gasteiger partial charge on any atom is -0.443 e. The second kappa shape index (κ2) is 11.2. The van der Waals surface area contributed by atoms with Gasteiger partial charge in [0, 0.05) is 36.8 Å². The number of ether oxygens (including phenoxy) is 4. The number of morpholine rings is 1. The summed E-state index contributed by atoms with van der Waals surface area (Å²) in [5, 5.41) is 12.1. The van der Waals surface area contributed by atoms with Crippen molar-refractivity contribution in [3.63, 3.8) is 0 Å². The number of hydrogen-bond donors (Lipinski definition) is 1. The van der Waals surface area contributed by atoms with E-state index in [1.54, 1.807) is 23.8 Å². The number of benzene rings is 1. The van der Waals surface area contributed by atoms with E-state index in [4.69, 9.17) is 18.9 Å². The number of hydrogen-bond acceptors (Lipinski definition) is 7. The van der Waals surface area contributed by atoms with Gasteiger partial charge < -0.3 is 29.0 Å². The van der Waals surface area contributed by atoms with Crippen molar-refractivity contribution in [2.45, 2.75) is 74.4 Å². The molecule has 0 aromatic heterocycles. The average molecular weight is 506 g/mol. The molecule has 3 fully saturated rings. The maximum atomic E-state index is 12.9. The molecule has 3 aliphatic rings. The third kappa shape index (κ3) is 6.05. The molecule has 1 N–H and O–H groups in total. The highest BCUT2D eigenvalue weighted by molar-refractivity contribution is 7.99. The van der Waals surface area contributed by atoms with Gasteiger partial charge in [-0.15, -0.1) is 11.8 Å². The first-order valence-corrected chi connectivity index (χ1v) is 13.5. The van der Waals surface area contributed by atoms with Crippen LogP contribution in [-0.2, 0) is 18.9 Å². The van der Waals surface area contributed by atoms with Gasteiger partial charge in [0.05, 0.1) is 24.9 Å². The van der Waals surface area contributed by atoms with Crippen molar-refractivity contribution in [1.29, 1.82) is 0 Å². The van der Waals surface area contributed by atoms with Crippen molar-refractivity contribution >= 4 is 17.9 Å². The number of rotatable bonds is 8. The molecule has 2 heterocycles. The Hall–Kier alpha value is -1.58. The van der Waals surface area contributed by atoms with E-state index in [1.165, 1.54) is 5.57 Å². The first kappa shape index (κ1) is 26.5. The third-order valence-electron chi connectivity index (χ3n) is 7.50. The van der Waals surface area contributed by atoms with E-state index in [9.17, 15) is 9.90 Å². The lowest BCUT2D eigenvalue weighted by Gasteiger charge is -2.49. The Morgan fingerprint density at radius 3 is 2.63 bits per heavy atom.